The van der Waals surface area contributed by atoms with Crippen molar-refractivity contribution in [3.63, 3.8) is 0 Å². The Kier molecular flexibility index (Phi) is 5.16. The average Bonchev–Trinajstić information content (AvgIpc) is 2.64. The van der Waals surface area contributed by atoms with Crippen LogP contribution in [-0.2, 0) is 4.79 Å². The van der Waals surface area contributed by atoms with Gasteiger partial charge in [0, 0.05) is 37.9 Å². The molecule has 2 amide bonds. The lowest BCUT2D eigenvalue weighted by molar-refractivity contribution is -0.119. The minimum atomic E-state index is -0.134. The molecular weight excluding hydrogens is 330 g/mol. The van der Waals surface area contributed by atoms with Crippen molar-refractivity contribution in [2.45, 2.75) is 20.8 Å². The molecule has 2 aromatic rings. The first kappa shape index (κ1) is 17.8. The quantitative estimate of drug-likeness (QED) is 0.851. The van der Waals surface area contributed by atoms with Crippen molar-refractivity contribution in [2.75, 3.05) is 31.5 Å². The molecule has 1 aromatic carbocycles. The number of piperazine rings is 1. The molecule has 1 aromatic heterocycles. The molecule has 7 nitrogen and oxygen atoms in total. The first-order valence-corrected chi connectivity index (χ1v) is 8.65. The minimum absolute atomic E-state index is 0.134. The van der Waals surface area contributed by atoms with Gasteiger partial charge in [0.25, 0.3) is 5.91 Å². The summed E-state index contributed by atoms with van der Waals surface area (Å²) in [5.74, 6) is 1.00. The van der Waals surface area contributed by atoms with Crippen LogP contribution in [-0.4, -0.2) is 58.3 Å². The van der Waals surface area contributed by atoms with Crippen LogP contribution in [0.25, 0.3) is 0 Å². The van der Waals surface area contributed by atoms with Crippen LogP contribution in [0.1, 0.15) is 27.4 Å². The van der Waals surface area contributed by atoms with Crippen molar-refractivity contribution in [3.05, 3.63) is 46.9 Å². The van der Waals surface area contributed by atoms with Gasteiger partial charge in [-0.3, -0.25) is 9.59 Å². The molecule has 136 valence electrons. The van der Waals surface area contributed by atoms with Crippen molar-refractivity contribution in [2.24, 2.45) is 0 Å². The highest BCUT2D eigenvalue weighted by Gasteiger charge is 2.23. The SMILES string of the molecule is Cc1nc(Nc2cccc(C)c2C)cc(C(=O)N2CCN(C=O)CC2)n1. The van der Waals surface area contributed by atoms with E-state index in [0.717, 1.165) is 17.7 Å². The number of hydrogen-bond acceptors (Lipinski definition) is 5. The summed E-state index contributed by atoms with van der Waals surface area (Å²) in [6.45, 7) is 8.00. The molecule has 0 unspecified atom stereocenters. The molecule has 1 aliphatic rings. The molecule has 3 rings (SSSR count). The first-order valence-electron chi connectivity index (χ1n) is 8.65. The molecule has 2 heterocycles. The van der Waals surface area contributed by atoms with Crippen LogP contribution in [0.4, 0.5) is 11.5 Å². The fraction of sp³-hybridized carbons (Fsp3) is 0.368. The van der Waals surface area contributed by atoms with Crippen molar-refractivity contribution in [1.29, 1.82) is 0 Å². The van der Waals surface area contributed by atoms with Gasteiger partial charge in [0.2, 0.25) is 6.41 Å². The molecule has 7 heteroatoms. The molecule has 1 saturated heterocycles. The molecule has 0 atom stereocenters. The zero-order chi connectivity index (χ0) is 18.7. The van der Waals surface area contributed by atoms with Gasteiger partial charge in [0.15, 0.2) is 0 Å². The number of hydrogen-bond donors (Lipinski definition) is 1. The second-order valence-corrected chi connectivity index (χ2v) is 6.49. The molecule has 0 saturated carbocycles. The smallest absolute Gasteiger partial charge is 0.272 e. The number of aryl methyl sites for hydroxylation is 2. The monoisotopic (exact) mass is 353 g/mol. The van der Waals surface area contributed by atoms with Gasteiger partial charge >= 0.3 is 0 Å². The van der Waals surface area contributed by atoms with Crippen molar-refractivity contribution < 1.29 is 9.59 Å². The molecule has 26 heavy (non-hydrogen) atoms. The van der Waals surface area contributed by atoms with Crippen LogP contribution in [0.3, 0.4) is 0 Å². The summed E-state index contributed by atoms with van der Waals surface area (Å²) >= 11 is 0. The van der Waals surface area contributed by atoms with Gasteiger partial charge in [-0.15, -0.1) is 0 Å². The average molecular weight is 353 g/mol. The first-order chi connectivity index (χ1) is 12.5. The van der Waals surface area contributed by atoms with E-state index >= 15 is 0 Å². The summed E-state index contributed by atoms with van der Waals surface area (Å²) in [6.07, 6.45) is 0.822. The van der Waals surface area contributed by atoms with Crippen molar-refractivity contribution >= 4 is 23.8 Å². The Labute approximate surface area is 153 Å². The van der Waals surface area contributed by atoms with E-state index in [9.17, 15) is 9.59 Å². The molecule has 0 aliphatic carbocycles. The molecule has 0 radical (unpaired) electrons. The maximum absolute atomic E-state index is 12.8. The molecule has 1 aliphatic heterocycles. The van der Waals surface area contributed by atoms with Gasteiger partial charge < -0.3 is 15.1 Å². The summed E-state index contributed by atoms with van der Waals surface area (Å²) < 4.78 is 0. The number of aromatic nitrogens is 2. The predicted octanol–water partition coefficient (Wildman–Crippen LogP) is 2.06. The number of rotatable bonds is 4. The Morgan fingerprint density at radius 2 is 1.85 bits per heavy atom. The summed E-state index contributed by atoms with van der Waals surface area (Å²) in [6, 6.07) is 7.71. The highest BCUT2D eigenvalue weighted by Crippen LogP contribution is 2.22. The highest BCUT2D eigenvalue weighted by atomic mass is 16.2. The maximum atomic E-state index is 12.8. The van der Waals surface area contributed by atoms with Crippen LogP contribution >= 0.6 is 0 Å². The van der Waals surface area contributed by atoms with Gasteiger partial charge in [-0.2, -0.15) is 0 Å². The fourth-order valence-corrected chi connectivity index (χ4v) is 2.96. The Balaban J connectivity index is 1.80. The maximum Gasteiger partial charge on any atom is 0.272 e. The van der Waals surface area contributed by atoms with E-state index < -0.39 is 0 Å². The van der Waals surface area contributed by atoms with E-state index in [4.69, 9.17) is 0 Å². The number of carbonyl (C=O) groups excluding carboxylic acids is 2. The van der Waals surface area contributed by atoms with Crippen LogP contribution in [0.15, 0.2) is 24.3 Å². The third-order valence-corrected chi connectivity index (χ3v) is 4.67. The van der Waals surface area contributed by atoms with E-state index in [0.29, 0.717) is 43.5 Å². The topological polar surface area (TPSA) is 78.4 Å². The Bertz CT molecular complexity index is 829. The number of carbonyl (C=O) groups is 2. The van der Waals surface area contributed by atoms with Gasteiger partial charge in [-0.25, -0.2) is 9.97 Å². The zero-order valence-electron chi connectivity index (χ0n) is 15.3. The number of anilines is 2. The lowest BCUT2D eigenvalue weighted by Crippen LogP contribution is -2.48. The summed E-state index contributed by atoms with van der Waals surface area (Å²) in [5.41, 5.74) is 3.65. The second kappa shape index (κ2) is 7.51. The molecule has 0 bridgehead atoms. The van der Waals surface area contributed by atoms with Crippen LogP contribution in [0.5, 0.6) is 0 Å². The summed E-state index contributed by atoms with van der Waals surface area (Å²) in [5, 5.41) is 3.29. The van der Waals surface area contributed by atoms with Crippen LogP contribution in [0.2, 0.25) is 0 Å². The van der Waals surface area contributed by atoms with Gasteiger partial charge in [-0.1, -0.05) is 12.1 Å². The lowest BCUT2D eigenvalue weighted by atomic mass is 10.1. The van der Waals surface area contributed by atoms with Gasteiger partial charge in [0.05, 0.1) is 0 Å². The van der Waals surface area contributed by atoms with E-state index in [1.54, 1.807) is 22.8 Å². The predicted molar refractivity (Wildman–Crippen MR) is 99.5 cm³/mol. The van der Waals surface area contributed by atoms with E-state index in [-0.39, 0.29) is 5.91 Å². The zero-order valence-corrected chi connectivity index (χ0v) is 15.3. The van der Waals surface area contributed by atoms with Crippen molar-refractivity contribution in [1.82, 2.24) is 19.8 Å². The van der Waals surface area contributed by atoms with Crippen LogP contribution in [0, 0.1) is 20.8 Å². The van der Waals surface area contributed by atoms with Gasteiger partial charge in [-0.05, 0) is 38.0 Å². The normalized spacial score (nSPS) is 14.3. The molecule has 1 fully saturated rings. The van der Waals surface area contributed by atoms with Gasteiger partial charge in [0.1, 0.15) is 17.3 Å². The third-order valence-electron chi connectivity index (χ3n) is 4.67. The lowest BCUT2D eigenvalue weighted by Gasteiger charge is -2.32. The number of nitrogens with one attached hydrogen (secondary N) is 1. The van der Waals surface area contributed by atoms with E-state index in [1.165, 1.54) is 5.56 Å². The molecule has 1 N–H and O–H groups in total. The van der Waals surface area contributed by atoms with E-state index in [1.807, 2.05) is 19.1 Å². The molecular formula is C19H23N5O2. The second-order valence-electron chi connectivity index (χ2n) is 6.49. The largest absolute Gasteiger partial charge is 0.342 e. The summed E-state index contributed by atoms with van der Waals surface area (Å²) in [4.78, 5) is 35.7. The number of nitrogens with zero attached hydrogens (tertiary/aromatic N) is 4. The Morgan fingerprint density at radius 1 is 1.12 bits per heavy atom. The van der Waals surface area contributed by atoms with Crippen molar-refractivity contribution in [3.8, 4) is 0 Å². The minimum Gasteiger partial charge on any atom is -0.342 e. The number of benzene rings is 1. The van der Waals surface area contributed by atoms with Crippen LogP contribution < -0.4 is 5.32 Å². The summed E-state index contributed by atoms with van der Waals surface area (Å²) in [7, 11) is 0. The number of amides is 2. The Morgan fingerprint density at radius 3 is 2.54 bits per heavy atom. The fourth-order valence-electron chi connectivity index (χ4n) is 2.96. The molecule has 0 spiro atoms. The standard InChI is InChI=1S/C19H23N5O2/c1-13-5-4-6-16(14(13)2)22-18-11-17(20-15(3)21-18)19(26)24-9-7-23(12-25)8-10-24/h4-6,11-12H,7-10H2,1-3H3,(H,20,21,22). The van der Waals surface area contributed by atoms with E-state index in [2.05, 4.69) is 28.3 Å². The third kappa shape index (κ3) is 3.82. The highest BCUT2D eigenvalue weighted by molar-refractivity contribution is 5.93. The Hall–Kier alpha value is -2.96.